The average Bonchev–Trinajstić information content (AvgIpc) is 3.12. The van der Waals surface area contributed by atoms with Gasteiger partial charge < -0.3 is 15.1 Å². The van der Waals surface area contributed by atoms with Crippen molar-refractivity contribution < 1.29 is 19.8 Å². The minimum Gasteiger partial charge on any atom is -0.473 e. The summed E-state index contributed by atoms with van der Waals surface area (Å²) in [6.45, 7) is 7.22. The highest BCUT2D eigenvalue weighted by Crippen LogP contribution is 2.32. The van der Waals surface area contributed by atoms with Gasteiger partial charge in [0.15, 0.2) is 5.13 Å². The van der Waals surface area contributed by atoms with Gasteiger partial charge >= 0.3 is 11.9 Å². The fourth-order valence-electron chi connectivity index (χ4n) is 2.94. The molecule has 0 spiro atoms. The van der Waals surface area contributed by atoms with Gasteiger partial charge in [-0.15, -0.1) is 11.3 Å². The van der Waals surface area contributed by atoms with Gasteiger partial charge in [-0.1, -0.05) is 23.8 Å². The Morgan fingerprint density at radius 3 is 2.21 bits per heavy atom. The first-order valence-corrected chi connectivity index (χ1v) is 9.68. The summed E-state index contributed by atoms with van der Waals surface area (Å²) >= 11 is 1.68. The van der Waals surface area contributed by atoms with E-state index in [1.165, 1.54) is 22.3 Å². The Labute approximate surface area is 173 Å². The molecule has 0 aliphatic carbocycles. The molecular weight excluding hydrogens is 390 g/mol. The molecule has 0 bridgehead atoms. The molecule has 0 atom stereocenters. The van der Waals surface area contributed by atoms with Crippen molar-refractivity contribution in [2.75, 3.05) is 11.9 Å². The monoisotopic (exact) mass is 413 g/mol. The van der Waals surface area contributed by atoms with Crippen molar-refractivity contribution in [2.45, 2.75) is 27.3 Å². The molecule has 152 valence electrons. The largest absolute Gasteiger partial charge is 0.473 e. The van der Waals surface area contributed by atoms with Gasteiger partial charge in [0.05, 0.1) is 17.9 Å². The normalized spacial score (nSPS) is 10.1. The van der Waals surface area contributed by atoms with E-state index in [0.717, 1.165) is 23.1 Å². The summed E-state index contributed by atoms with van der Waals surface area (Å²) in [5, 5.41) is 17.9. The summed E-state index contributed by atoms with van der Waals surface area (Å²) in [7, 11) is 2.06. The third-order valence-electron chi connectivity index (χ3n) is 4.06. The Morgan fingerprint density at radius 2 is 1.69 bits per heavy atom. The molecule has 0 amide bonds. The van der Waals surface area contributed by atoms with Crippen molar-refractivity contribution in [3.63, 3.8) is 0 Å². The molecule has 0 aliphatic heterocycles. The molecule has 0 radical (unpaired) electrons. The highest BCUT2D eigenvalue weighted by molar-refractivity contribution is 7.14. The quantitative estimate of drug-likeness (QED) is 0.625. The molecule has 2 N–H and O–H groups in total. The molecule has 0 aliphatic rings. The van der Waals surface area contributed by atoms with Crippen LogP contribution in [0.2, 0.25) is 0 Å². The van der Waals surface area contributed by atoms with E-state index in [9.17, 15) is 0 Å². The van der Waals surface area contributed by atoms with Crippen molar-refractivity contribution in [2.24, 2.45) is 0 Å². The number of pyridine rings is 1. The number of aromatic nitrogens is 2. The molecule has 3 aromatic rings. The molecule has 0 saturated heterocycles. The molecule has 7 nitrogen and oxygen atoms in total. The molecular formula is C21H23N3O4S. The summed E-state index contributed by atoms with van der Waals surface area (Å²) in [5.74, 6) is -3.65. The Hall–Kier alpha value is -3.26. The summed E-state index contributed by atoms with van der Waals surface area (Å²) in [6, 6.07) is 10.4. The van der Waals surface area contributed by atoms with Gasteiger partial charge in [0.1, 0.15) is 0 Å². The number of rotatable bonds is 4. The van der Waals surface area contributed by atoms with Crippen molar-refractivity contribution in [1.82, 2.24) is 9.97 Å². The number of carbonyl (C=O) groups is 2. The van der Waals surface area contributed by atoms with Gasteiger partial charge in [-0.3, -0.25) is 4.98 Å². The topological polar surface area (TPSA) is 104 Å². The van der Waals surface area contributed by atoms with Gasteiger partial charge in [-0.2, -0.15) is 0 Å². The van der Waals surface area contributed by atoms with E-state index < -0.39 is 11.9 Å². The summed E-state index contributed by atoms with van der Waals surface area (Å²) in [5.41, 5.74) is 7.23. The van der Waals surface area contributed by atoms with E-state index in [-0.39, 0.29) is 0 Å². The van der Waals surface area contributed by atoms with Crippen LogP contribution in [0.15, 0.2) is 41.9 Å². The highest BCUT2D eigenvalue weighted by Gasteiger charge is 2.13. The standard InChI is InChI=1S/C19H21N3S.C2H2O4/c1-13-9-14(2)18(15(3)10-13)17-12-23-19(21-17)22(4)11-16-7-5-6-8-20-16;3-1(4)2(5)6/h5-10,12H,11H2,1-4H3;(H,3,4)(H,5,6). The second-order valence-corrected chi connectivity index (χ2v) is 7.41. The Morgan fingerprint density at radius 1 is 1.07 bits per heavy atom. The number of carboxylic acid groups (broad SMARTS) is 2. The molecule has 2 aromatic heterocycles. The molecule has 0 fully saturated rings. The zero-order valence-corrected chi connectivity index (χ0v) is 17.5. The lowest BCUT2D eigenvalue weighted by atomic mass is 9.98. The Balaban J connectivity index is 0.000000438. The molecule has 8 heteroatoms. The van der Waals surface area contributed by atoms with E-state index in [4.69, 9.17) is 24.8 Å². The van der Waals surface area contributed by atoms with E-state index in [2.05, 4.69) is 55.2 Å². The lowest BCUT2D eigenvalue weighted by molar-refractivity contribution is -0.159. The Kier molecular flexibility index (Phi) is 7.44. The van der Waals surface area contributed by atoms with E-state index in [1.54, 1.807) is 11.3 Å². The maximum Gasteiger partial charge on any atom is 0.414 e. The fourth-order valence-corrected chi connectivity index (χ4v) is 3.72. The molecule has 0 unspecified atom stereocenters. The molecule has 3 rings (SSSR count). The van der Waals surface area contributed by atoms with Crippen LogP contribution in [0, 0.1) is 20.8 Å². The number of benzene rings is 1. The molecule has 2 heterocycles. The maximum absolute atomic E-state index is 9.10. The number of aliphatic carboxylic acids is 2. The zero-order valence-electron chi connectivity index (χ0n) is 16.7. The first-order chi connectivity index (χ1) is 13.7. The van der Waals surface area contributed by atoms with Gasteiger partial charge in [-0.25, -0.2) is 14.6 Å². The summed E-state index contributed by atoms with van der Waals surface area (Å²) in [6.07, 6.45) is 1.83. The van der Waals surface area contributed by atoms with E-state index >= 15 is 0 Å². The predicted octanol–water partition coefficient (Wildman–Crippen LogP) is 3.92. The summed E-state index contributed by atoms with van der Waals surface area (Å²) in [4.78, 5) is 29.6. The second-order valence-electron chi connectivity index (χ2n) is 6.58. The molecule has 0 saturated carbocycles. The third kappa shape index (κ3) is 6.11. The van der Waals surface area contributed by atoms with Crippen LogP contribution in [0.1, 0.15) is 22.4 Å². The van der Waals surface area contributed by atoms with Crippen LogP contribution in [0.4, 0.5) is 5.13 Å². The van der Waals surface area contributed by atoms with Gasteiger partial charge in [0.2, 0.25) is 0 Å². The number of hydrogen-bond donors (Lipinski definition) is 2. The average molecular weight is 413 g/mol. The number of hydrogen-bond acceptors (Lipinski definition) is 6. The van der Waals surface area contributed by atoms with Crippen molar-refractivity contribution in [3.05, 3.63) is 64.3 Å². The SMILES string of the molecule is Cc1cc(C)c(-c2csc(N(C)Cc3ccccn3)n2)c(C)c1.O=C(O)C(=O)O. The number of thiazole rings is 1. The van der Waals surface area contributed by atoms with Crippen LogP contribution < -0.4 is 4.90 Å². The number of carboxylic acids is 2. The van der Waals surface area contributed by atoms with E-state index in [1.807, 2.05) is 24.4 Å². The van der Waals surface area contributed by atoms with Crippen LogP contribution in [-0.4, -0.2) is 39.2 Å². The minimum absolute atomic E-state index is 0.764. The van der Waals surface area contributed by atoms with Gasteiger partial charge in [0.25, 0.3) is 0 Å². The van der Waals surface area contributed by atoms with Crippen LogP contribution in [0.25, 0.3) is 11.3 Å². The van der Waals surface area contributed by atoms with Crippen molar-refractivity contribution in [3.8, 4) is 11.3 Å². The lowest BCUT2D eigenvalue weighted by Gasteiger charge is -2.15. The van der Waals surface area contributed by atoms with Gasteiger partial charge in [-0.05, 0) is 44.0 Å². The van der Waals surface area contributed by atoms with Crippen molar-refractivity contribution >= 4 is 28.4 Å². The first-order valence-electron chi connectivity index (χ1n) is 8.80. The fraction of sp³-hybridized carbons (Fsp3) is 0.238. The predicted molar refractivity (Wildman–Crippen MR) is 113 cm³/mol. The highest BCUT2D eigenvalue weighted by atomic mass is 32.1. The van der Waals surface area contributed by atoms with Crippen LogP contribution in [0.3, 0.4) is 0 Å². The maximum atomic E-state index is 9.10. The number of aryl methyl sites for hydroxylation is 3. The Bertz CT molecular complexity index is 967. The first kappa shape index (κ1) is 22.0. The van der Waals surface area contributed by atoms with Crippen LogP contribution in [-0.2, 0) is 16.1 Å². The van der Waals surface area contributed by atoms with Crippen LogP contribution in [0.5, 0.6) is 0 Å². The number of nitrogens with zero attached hydrogens (tertiary/aromatic N) is 3. The van der Waals surface area contributed by atoms with Gasteiger partial charge in [0, 0.05) is 24.2 Å². The zero-order chi connectivity index (χ0) is 21.6. The molecule has 29 heavy (non-hydrogen) atoms. The summed E-state index contributed by atoms with van der Waals surface area (Å²) < 4.78 is 0. The second kappa shape index (κ2) is 9.79. The lowest BCUT2D eigenvalue weighted by Crippen LogP contribution is -2.16. The smallest absolute Gasteiger partial charge is 0.414 e. The third-order valence-corrected chi connectivity index (χ3v) is 5.01. The number of anilines is 1. The minimum atomic E-state index is -1.82. The van der Waals surface area contributed by atoms with E-state index in [0.29, 0.717) is 0 Å². The van der Waals surface area contributed by atoms with Crippen molar-refractivity contribution in [1.29, 1.82) is 0 Å². The molecule has 1 aromatic carbocycles. The van der Waals surface area contributed by atoms with Crippen LogP contribution >= 0.6 is 11.3 Å².